The first-order valence-electron chi connectivity index (χ1n) is 7.53. The highest BCUT2D eigenvalue weighted by Gasteiger charge is 2.43. The van der Waals surface area contributed by atoms with Crippen LogP contribution in [0.25, 0.3) is 0 Å². The molecule has 1 heterocycles. The molecule has 0 aliphatic carbocycles. The zero-order valence-electron chi connectivity index (χ0n) is 13.1. The lowest BCUT2D eigenvalue weighted by Crippen LogP contribution is -2.57. The smallest absolute Gasteiger partial charge is 0.312 e. The van der Waals surface area contributed by atoms with Crippen molar-refractivity contribution in [3.8, 4) is 0 Å². The fourth-order valence-electron chi connectivity index (χ4n) is 2.93. The van der Waals surface area contributed by atoms with Gasteiger partial charge in [0.05, 0.1) is 25.2 Å². The number of nitrogens with one attached hydrogen (secondary N) is 1. The Kier molecular flexibility index (Phi) is 5.37. The largest absolute Gasteiger partial charge is 0.469 e. The van der Waals surface area contributed by atoms with Gasteiger partial charge in [0.15, 0.2) is 0 Å². The van der Waals surface area contributed by atoms with Crippen LogP contribution >= 0.6 is 0 Å². The van der Waals surface area contributed by atoms with Crippen molar-refractivity contribution in [1.82, 2.24) is 5.32 Å². The Labute approximate surface area is 126 Å². The van der Waals surface area contributed by atoms with E-state index in [0.29, 0.717) is 6.61 Å². The second-order valence-electron chi connectivity index (χ2n) is 6.12. The maximum Gasteiger partial charge on any atom is 0.312 e. The van der Waals surface area contributed by atoms with Crippen molar-refractivity contribution >= 4 is 5.97 Å². The van der Waals surface area contributed by atoms with E-state index in [1.54, 1.807) is 0 Å². The maximum atomic E-state index is 12.0. The van der Waals surface area contributed by atoms with Gasteiger partial charge < -0.3 is 14.8 Å². The molecule has 1 aliphatic heterocycles. The third-order valence-electron chi connectivity index (χ3n) is 4.20. The van der Waals surface area contributed by atoms with Gasteiger partial charge in [-0.05, 0) is 38.8 Å². The minimum atomic E-state index is -0.601. The molecule has 4 heteroatoms. The summed E-state index contributed by atoms with van der Waals surface area (Å²) in [6.07, 6.45) is 2.05. The van der Waals surface area contributed by atoms with Gasteiger partial charge >= 0.3 is 5.97 Å². The molecule has 0 saturated carbocycles. The van der Waals surface area contributed by atoms with Crippen molar-refractivity contribution in [1.29, 1.82) is 0 Å². The molecule has 1 saturated heterocycles. The lowest BCUT2D eigenvalue weighted by molar-refractivity contribution is -0.156. The van der Waals surface area contributed by atoms with E-state index in [1.807, 2.05) is 32.0 Å². The van der Waals surface area contributed by atoms with Crippen LogP contribution < -0.4 is 5.32 Å². The summed E-state index contributed by atoms with van der Waals surface area (Å²) < 4.78 is 11.0. The molecule has 2 rings (SSSR count). The van der Waals surface area contributed by atoms with Gasteiger partial charge in [-0.15, -0.1) is 0 Å². The summed E-state index contributed by atoms with van der Waals surface area (Å²) in [7, 11) is 1.44. The van der Waals surface area contributed by atoms with Crippen LogP contribution in [-0.2, 0) is 20.9 Å². The van der Waals surface area contributed by atoms with Crippen LogP contribution in [0.4, 0.5) is 0 Å². The summed E-state index contributed by atoms with van der Waals surface area (Å²) >= 11 is 0. The summed E-state index contributed by atoms with van der Waals surface area (Å²) in [6, 6.07) is 10.1. The zero-order valence-corrected chi connectivity index (χ0v) is 13.1. The summed E-state index contributed by atoms with van der Waals surface area (Å²) in [6.45, 7) is 5.32. The molecule has 0 amide bonds. The van der Waals surface area contributed by atoms with Crippen molar-refractivity contribution in [2.75, 3.05) is 13.7 Å². The lowest BCUT2D eigenvalue weighted by Gasteiger charge is -2.41. The molecule has 0 unspecified atom stereocenters. The van der Waals surface area contributed by atoms with Crippen molar-refractivity contribution in [2.24, 2.45) is 5.41 Å². The Morgan fingerprint density at radius 2 is 2.05 bits per heavy atom. The van der Waals surface area contributed by atoms with E-state index in [4.69, 9.17) is 9.47 Å². The number of hydrogen-bond donors (Lipinski definition) is 1. The standard InChI is InChI=1S/C17H25NO3/c1-17(2,16(19)20-3)15-14(10-7-11-18-15)21-12-13-8-5-4-6-9-13/h4-6,8-9,14-15,18H,7,10-12H2,1-3H3/t14-,15-/m1/s1. The fraction of sp³-hybridized carbons (Fsp3) is 0.588. The number of carbonyl (C=O) groups is 1. The Morgan fingerprint density at radius 3 is 2.71 bits per heavy atom. The van der Waals surface area contributed by atoms with Crippen LogP contribution in [0.2, 0.25) is 0 Å². The summed E-state index contributed by atoms with van der Waals surface area (Å²) in [4.78, 5) is 12.0. The van der Waals surface area contributed by atoms with Gasteiger partial charge in [-0.1, -0.05) is 30.3 Å². The van der Waals surface area contributed by atoms with E-state index in [1.165, 1.54) is 7.11 Å². The van der Waals surface area contributed by atoms with Gasteiger partial charge in [-0.3, -0.25) is 4.79 Å². The van der Waals surface area contributed by atoms with Gasteiger partial charge in [0, 0.05) is 6.04 Å². The average molecular weight is 291 g/mol. The number of esters is 1. The Bertz CT molecular complexity index is 458. The zero-order chi connectivity index (χ0) is 15.3. The highest BCUT2D eigenvalue weighted by atomic mass is 16.5. The Balaban J connectivity index is 2.03. The monoisotopic (exact) mass is 291 g/mol. The van der Waals surface area contributed by atoms with Crippen LogP contribution in [0.3, 0.4) is 0 Å². The molecule has 1 aliphatic rings. The summed E-state index contributed by atoms with van der Waals surface area (Å²) in [5, 5.41) is 3.44. The first kappa shape index (κ1) is 16.0. The highest BCUT2D eigenvalue weighted by molar-refractivity contribution is 5.76. The molecule has 4 nitrogen and oxygen atoms in total. The van der Waals surface area contributed by atoms with E-state index >= 15 is 0 Å². The number of ether oxygens (including phenoxy) is 2. The van der Waals surface area contributed by atoms with E-state index in [0.717, 1.165) is 24.9 Å². The minimum Gasteiger partial charge on any atom is -0.469 e. The van der Waals surface area contributed by atoms with Gasteiger partial charge in [-0.2, -0.15) is 0 Å². The molecule has 0 radical (unpaired) electrons. The number of benzene rings is 1. The topological polar surface area (TPSA) is 47.6 Å². The van der Waals surface area contributed by atoms with E-state index in [9.17, 15) is 4.79 Å². The molecule has 1 aromatic rings. The van der Waals surface area contributed by atoms with Crippen molar-refractivity contribution in [3.63, 3.8) is 0 Å². The number of carbonyl (C=O) groups excluding carboxylic acids is 1. The molecule has 1 N–H and O–H groups in total. The molecule has 116 valence electrons. The van der Waals surface area contributed by atoms with E-state index in [-0.39, 0.29) is 18.1 Å². The number of methoxy groups -OCH3 is 1. The SMILES string of the molecule is COC(=O)C(C)(C)[C@@H]1NCCC[C@H]1OCc1ccccc1. The molecule has 0 aromatic heterocycles. The Hall–Kier alpha value is -1.39. The van der Waals surface area contributed by atoms with Crippen LogP contribution in [0.15, 0.2) is 30.3 Å². The quantitative estimate of drug-likeness (QED) is 0.847. The van der Waals surface area contributed by atoms with Gasteiger partial charge in [0.25, 0.3) is 0 Å². The average Bonchev–Trinajstić information content (AvgIpc) is 2.53. The predicted octanol–water partition coefficient (Wildman–Crippen LogP) is 2.52. The maximum absolute atomic E-state index is 12.0. The van der Waals surface area contributed by atoms with Crippen LogP contribution in [0, 0.1) is 5.41 Å². The van der Waals surface area contributed by atoms with E-state index < -0.39 is 5.41 Å². The molecular weight excluding hydrogens is 266 g/mol. The molecule has 21 heavy (non-hydrogen) atoms. The molecule has 0 spiro atoms. The van der Waals surface area contributed by atoms with Gasteiger partial charge in [0.2, 0.25) is 0 Å². The number of rotatable bonds is 5. The molecule has 1 fully saturated rings. The van der Waals surface area contributed by atoms with Crippen molar-refractivity contribution < 1.29 is 14.3 Å². The van der Waals surface area contributed by atoms with Gasteiger partial charge in [0.1, 0.15) is 0 Å². The van der Waals surface area contributed by atoms with Gasteiger partial charge in [-0.25, -0.2) is 0 Å². The fourth-order valence-corrected chi connectivity index (χ4v) is 2.93. The van der Waals surface area contributed by atoms with E-state index in [2.05, 4.69) is 17.4 Å². The third kappa shape index (κ3) is 3.83. The third-order valence-corrected chi connectivity index (χ3v) is 4.20. The summed E-state index contributed by atoms with van der Waals surface area (Å²) in [5.41, 5.74) is 0.550. The highest BCUT2D eigenvalue weighted by Crippen LogP contribution is 2.30. The lowest BCUT2D eigenvalue weighted by atomic mass is 9.78. The molecule has 0 bridgehead atoms. The molecule has 1 aromatic carbocycles. The predicted molar refractivity (Wildman–Crippen MR) is 81.8 cm³/mol. The number of hydrogen-bond acceptors (Lipinski definition) is 4. The normalized spacial score (nSPS) is 22.8. The number of piperidine rings is 1. The second-order valence-corrected chi connectivity index (χ2v) is 6.12. The van der Waals surface area contributed by atoms with Crippen LogP contribution in [0.1, 0.15) is 32.3 Å². The summed E-state index contributed by atoms with van der Waals surface area (Å²) in [5.74, 6) is -0.199. The van der Waals surface area contributed by atoms with Crippen LogP contribution in [0.5, 0.6) is 0 Å². The Morgan fingerprint density at radius 1 is 1.33 bits per heavy atom. The first-order valence-corrected chi connectivity index (χ1v) is 7.53. The van der Waals surface area contributed by atoms with Crippen LogP contribution in [-0.4, -0.2) is 31.8 Å². The second kappa shape index (κ2) is 7.05. The van der Waals surface area contributed by atoms with Crippen molar-refractivity contribution in [3.05, 3.63) is 35.9 Å². The van der Waals surface area contributed by atoms with Crippen molar-refractivity contribution in [2.45, 2.75) is 45.4 Å². The first-order chi connectivity index (χ1) is 10.1. The molecular formula is C17H25NO3. The minimum absolute atomic E-state index is 0.0213. The molecule has 2 atom stereocenters.